The van der Waals surface area contributed by atoms with Gasteiger partial charge in [0.25, 0.3) is 5.56 Å². The van der Waals surface area contributed by atoms with E-state index < -0.39 is 0 Å². The van der Waals surface area contributed by atoms with Crippen molar-refractivity contribution >= 4 is 24.0 Å². The monoisotopic (exact) mass is 342 g/mol. The summed E-state index contributed by atoms with van der Waals surface area (Å²) in [5.41, 5.74) is 1.81. The molecule has 1 aromatic heterocycles. The molecule has 0 amide bonds. The first-order chi connectivity index (χ1) is 12.2. The van der Waals surface area contributed by atoms with Crippen LogP contribution in [0.2, 0.25) is 0 Å². The minimum absolute atomic E-state index is 0.109. The first-order valence-electron chi connectivity index (χ1n) is 7.76. The zero-order chi connectivity index (χ0) is 17.2. The van der Waals surface area contributed by atoms with Gasteiger partial charge >= 0.3 is 0 Å². The van der Waals surface area contributed by atoms with E-state index in [1.807, 2.05) is 60.0 Å². The van der Waals surface area contributed by atoms with Crippen molar-refractivity contribution in [3.63, 3.8) is 0 Å². The van der Waals surface area contributed by atoms with Crippen molar-refractivity contribution in [1.29, 1.82) is 0 Å². The standard InChI is InChI=1S/C21H14N2OS/c1-14-7-10-19-20(22-14)18(21(24)23-19)12-17-11-16(13-25-17)9-8-15-5-3-2-4-6-15/h2-7,10-13,22H,1H2,(H,23,24). The number of nitrogens with one attached hydrogen (secondary N) is 2. The normalized spacial score (nSPS) is 11.4. The molecule has 0 spiro atoms. The van der Waals surface area contributed by atoms with E-state index in [1.54, 1.807) is 11.3 Å². The number of aromatic amines is 2. The Balaban J connectivity index is 1.76. The van der Waals surface area contributed by atoms with Gasteiger partial charge in [-0.25, -0.2) is 0 Å². The molecule has 0 bridgehead atoms. The molecule has 4 rings (SSSR count). The van der Waals surface area contributed by atoms with E-state index in [0.29, 0.717) is 5.22 Å². The van der Waals surface area contributed by atoms with E-state index in [1.165, 1.54) is 0 Å². The van der Waals surface area contributed by atoms with E-state index in [9.17, 15) is 4.79 Å². The average Bonchev–Trinajstić information content (AvgIpc) is 3.19. The Morgan fingerprint density at radius 2 is 1.80 bits per heavy atom. The molecule has 3 nitrogen and oxygen atoms in total. The van der Waals surface area contributed by atoms with Crippen LogP contribution in [0.3, 0.4) is 0 Å². The Morgan fingerprint density at radius 3 is 2.64 bits per heavy atom. The average molecular weight is 342 g/mol. The first kappa shape index (κ1) is 15.3. The third kappa shape index (κ3) is 3.18. The molecule has 2 aromatic rings. The van der Waals surface area contributed by atoms with Crippen molar-refractivity contribution < 1.29 is 0 Å². The Labute approximate surface area is 147 Å². The van der Waals surface area contributed by atoms with Gasteiger partial charge in [0, 0.05) is 26.7 Å². The van der Waals surface area contributed by atoms with Crippen LogP contribution in [0.25, 0.3) is 12.7 Å². The van der Waals surface area contributed by atoms with Crippen molar-refractivity contribution in [2.45, 2.75) is 0 Å². The molecule has 0 unspecified atom stereocenters. The van der Waals surface area contributed by atoms with Gasteiger partial charge in [-0.1, -0.05) is 36.6 Å². The molecule has 1 aromatic carbocycles. The van der Waals surface area contributed by atoms with Crippen molar-refractivity contribution in [1.82, 2.24) is 9.97 Å². The van der Waals surface area contributed by atoms with Crippen LogP contribution in [0.15, 0.2) is 58.7 Å². The molecule has 3 heterocycles. The van der Waals surface area contributed by atoms with Crippen LogP contribution in [0.5, 0.6) is 0 Å². The fourth-order valence-corrected chi connectivity index (χ4v) is 3.37. The second kappa shape index (κ2) is 6.31. The van der Waals surface area contributed by atoms with Crippen LogP contribution in [-0.4, -0.2) is 9.97 Å². The van der Waals surface area contributed by atoms with E-state index in [0.717, 1.165) is 32.1 Å². The molecule has 0 fully saturated rings. The van der Waals surface area contributed by atoms with Gasteiger partial charge in [-0.05, 0) is 36.4 Å². The second-order valence-corrected chi connectivity index (χ2v) is 6.58. The number of aromatic nitrogens is 2. The van der Waals surface area contributed by atoms with Crippen LogP contribution in [0.1, 0.15) is 16.0 Å². The summed E-state index contributed by atoms with van der Waals surface area (Å²) in [5, 5.41) is 4.94. The summed E-state index contributed by atoms with van der Waals surface area (Å²) < 4.78 is 0. The number of benzene rings is 1. The SMILES string of the molecule is C=c1ccc2[nH]c(=O)c(=Cc3cc(C#Cc4ccccc4)cs3)c=2[nH]1. The highest BCUT2D eigenvalue weighted by atomic mass is 32.1. The summed E-state index contributed by atoms with van der Waals surface area (Å²) in [7, 11) is 0. The third-order valence-corrected chi connectivity index (χ3v) is 4.68. The number of thiophene rings is 1. The maximum absolute atomic E-state index is 12.2. The highest BCUT2D eigenvalue weighted by molar-refractivity contribution is 7.11. The molecule has 25 heavy (non-hydrogen) atoms. The van der Waals surface area contributed by atoms with Crippen LogP contribution in [0.4, 0.5) is 0 Å². The molecule has 2 aliphatic rings. The summed E-state index contributed by atoms with van der Waals surface area (Å²) in [6, 6.07) is 15.6. The largest absolute Gasteiger partial charge is 0.354 e. The number of rotatable bonds is 1. The predicted octanol–water partition coefficient (Wildman–Crippen LogP) is 2.13. The van der Waals surface area contributed by atoms with Gasteiger partial charge in [-0.3, -0.25) is 4.79 Å². The summed E-state index contributed by atoms with van der Waals surface area (Å²) in [4.78, 5) is 19.2. The molecule has 2 aliphatic heterocycles. The van der Waals surface area contributed by atoms with E-state index in [4.69, 9.17) is 0 Å². The zero-order valence-electron chi connectivity index (χ0n) is 13.3. The fraction of sp³-hybridized carbons (Fsp3) is 0. The molecule has 0 atom stereocenters. The van der Waals surface area contributed by atoms with Gasteiger partial charge in [0.1, 0.15) is 0 Å². The first-order valence-corrected chi connectivity index (χ1v) is 8.64. The van der Waals surface area contributed by atoms with Gasteiger partial charge < -0.3 is 9.97 Å². The molecule has 0 saturated carbocycles. The number of hydrogen-bond acceptors (Lipinski definition) is 2. The Morgan fingerprint density at radius 1 is 1.00 bits per heavy atom. The summed E-state index contributed by atoms with van der Waals surface area (Å²) in [5.74, 6) is 6.30. The van der Waals surface area contributed by atoms with Crippen LogP contribution < -0.4 is 16.1 Å². The molecular weight excluding hydrogens is 328 g/mol. The van der Waals surface area contributed by atoms with Crippen molar-refractivity contribution in [2.75, 3.05) is 0 Å². The highest BCUT2D eigenvalue weighted by Gasteiger charge is 2.01. The zero-order valence-corrected chi connectivity index (χ0v) is 14.1. The lowest BCUT2D eigenvalue weighted by Gasteiger charge is -1.87. The maximum atomic E-state index is 12.2. The fourth-order valence-electron chi connectivity index (χ4n) is 2.60. The summed E-state index contributed by atoms with van der Waals surface area (Å²) in [6.45, 7) is 3.88. The quantitative estimate of drug-likeness (QED) is 0.512. The lowest BCUT2D eigenvalue weighted by molar-refractivity contribution is 1.15. The summed E-state index contributed by atoms with van der Waals surface area (Å²) >= 11 is 1.56. The smallest absolute Gasteiger partial charge is 0.257 e. The van der Waals surface area contributed by atoms with Crippen molar-refractivity contribution in [3.05, 3.63) is 102 Å². The Kier molecular flexibility index (Phi) is 3.85. The molecule has 4 heteroatoms. The molecule has 0 saturated heterocycles. The lowest BCUT2D eigenvalue weighted by atomic mass is 10.2. The number of H-pyrrole nitrogens is 2. The van der Waals surface area contributed by atoms with E-state index >= 15 is 0 Å². The highest BCUT2D eigenvalue weighted by Crippen LogP contribution is 2.14. The van der Waals surface area contributed by atoms with E-state index in [2.05, 4.69) is 28.4 Å². The minimum Gasteiger partial charge on any atom is -0.354 e. The topological polar surface area (TPSA) is 48.6 Å². The lowest BCUT2D eigenvalue weighted by Crippen LogP contribution is -2.23. The molecular formula is C21H14N2OS. The van der Waals surface area contributed by atoms with Crippen molar-refractivity contribution in [2.24, 2.45) is 0 Å². The number of hydrogen-bond donors (Lipinski definition) is 2. The van der Waals surface area contributed by atoms with Crippen LogP contribution in [-0.2, 0) is 0 Å². The van der Waals surface area contributed by atoms with E-state index in [-0.39, 0.29) is 5.56 Å². The van der Waals surface area contributed by atoms with Gasteiger partial charge in [-0.2, -0.15) is 0 Å². The maximum Gasteiger partial charge on any atom is 0.257 e. The second-order valence-electron chi connectivity index (χ2n) is 5.64. The molecule has 2 N–H and O–H groups in total. The van der Waals surface area contributed by atoms with Gasteiger partial charge in [0.15, 0.2) is 0 Å². The Bertz CT molecular complexity index is 1330. The van der Waals surface area contributed by atoms with Crippen LogP contribution >= 0.6 is 11.3 Å². The van der Waals surface area contributed by atoms with Gasteiger partial charge in [0.05, 0.1) is 15.9 Å². The van der Waals surface area contributed by atoms with Crippen molar-refractivity contribution in [3.8, 4) is 11.8 Å². The minimum atomic E-state index is -0.109. The molecule has 0 aliphatic carbocycles. The predicted molar refractivity (Wildman–Crippen MR) is 102 cm³/mol. The molecule has 0 radical (unpaired) electrons. The Hall–Kier alpha value is -3.29. The third-order valence-electron chi connectivity index (χ3n) is 3.80. The molecule has 120 valence electrons. The van der Waals surface area contributed by atoms with Gasteiger partial charge in [0.2, 0.25) is 0 Å². The van der Waals surface area contributed by atoms with Gasteiger partial charge in [-0.15, -0.1) is 11.3 Å². The van der Waals surface area contributed by atoms with Crippen LogP contribution in [0, 0.1) is 22.5 Å². The summed E-state index contributed by atoms with van der Waals surface area (Å²) in [6.07, 6.45) is 1.88.